The summed E-state index contributed by atoms with van der Waals surface area (Å²) in [5.74, 6) is -0.154. The van der Waals surface area contributed by atoms with Crippen molar-refractivity contribution in [2.45, 2.75) is 26.9 Å². The van der Waals surface area contributed by atoms with Crippen LogP contribution >= 0.6 is 0 Å². The van der Waals surface area contributed by atoms with Crippen molar-refractivity contribution in [3.8, 4) is 5.75 Å². The van der Waals surface area contributed by atoms with Gasteiger partial charge in [-0.1, -0.05) is 18.2 Å². The largest absolute Gasteiger partial charge is 0.481 e. The highest BCUT2D eigenvalue weighted by Gasteiger charge is 2.15. The molecule has 6 heteroatoms. The molecule has 0 spiro atoms. The van der Waals surface area contributed by atoms with Crippen molar-refractivity contribution in [3.05, 3.63) is 54.1 Å². The summed E-state index contributed by atoms with van der Waals surface area (Å²) in [6.07, 6.45) is -0.758. The number of hydrogen-bond acceptors (Lipinski definition) is 4. The van der Waals surface area contributed by atoms with Gasteiger partial charge < -0.3 is 15.4 Å². The van der Waals surface area contributed by atoms with Gasteiger partial charge in [-0.25, -0.2) is 0 Å². The number of anilines is 2. The minimum Gasteiger partial charge on any atom is -0.481 e. The summed E-state index contributed by atoms with van der Waals surface area (Å²) in [5, 5.41) is 5.38. The predicted octanol–water partition coefficient (Wildman–Crippen LogP) is 3.25. The van der Waals surface area contributed by atoms with Gasteiger partial charge in [-0.3, -0.25) is 14.4 Å². The molecule has 6 nitrogen and oxygen atoms in total. The number of benzene rings is 2. The topological polar surface area (TPSA) is 84.5 Å². The first-order valence-corrected chi connectivity index (χ1v) is 7.81. The second-order valence-corrected chi connectivity index (χ2v) is 5.60. The molecule has 0 aliphatic rings. The molecule has 0 aliphatic carbocycles. The summed E-state index contributed by atoms with van der Waals surface area (Å²) in [6, 6.07) is 13.5. The smallest absolute Gasteiger partial charge is 0.265 e. The number of Topliss-reactive ketones (excluding diaryl/α,β-unsaturated/α-hetero) is 1. The quantitative estimate of drug-likeness (QED) is 0.791. The zero-order chi connectivity index (χ0) is 18.4. The zero-order valence-corrected chi connectivity index (χ0v) is 14.3. The summed E-state index contributed by atoms with van der Waals surface area (Å²) in [5.41, 5.74) is 1.66. The van der Waals surface area contributed by atoms with Crippen molar-refractivity contribution >= 4 is 29.0 Å². The van der Waals surface area contributed by atoms with Crippen LogP contribution in [-0.4, -0.2) is 23.7 Å². The maximum Gasteiger partial charge on any atom is 0.265 e. The van der Waals surface area contributed by atoms with E-state index in [0.717, 1.165) is 0 Å². The Morgan fingerprint density at radius 3 is 2.20 bits per heavy atom. The lowest BCUT2D eigenvalue weighted by atomic mass is 10.1. The Hall–Kier alpha value is -3.15. The summed E-state index contributed by atoms with van der Waals surface area (Å²) in [4.78, 5) is 34.8. The van der Waals surface area contributed by atoms with Crippen molar-refractivity contribution < 1.29 is 19.1 Å². The van der Waals surface area contributed by atoms with Crippen LogP contribution in [0.15, 0.2) is 48.5 Å². The molecule has 0 aliphatic heterocycles. The molecule has 0 bridgehead atoms. The average Bonchev–Trinajstić information content (AvgIpc) is 2.54. The summed E-state index contributed by atoms with van der Waals surface area (Å²) in [6.45, 7) is 4.50. The number of ether oxygens (including phenoxy) is 1. The SMILES string of the molecule is CC(=O)Nc1cccc(NC(=O)C(C)Oc2cccc(C(C)=O)c2)c1. The molecule has 0 radical (unpaired) electrons. The molecule has 0 saturated heterocycles. The molecule has 0 saturated carbocycles. The van der Waals surface area contributed by atoms with Gasteiger partial charge in [-0.15, -0.1) is 0 Å². The van der Waals surface area contributed by atoms with Crippen molar-refractivity contribution in [1.82, 2.24) is 0 Å². The van der Waals surface area contributed by atoms with Crippen molar-refractivity contribution in [2.24, 2.45) is 0 Å². The Balaban J connectivity index is 2.02. The third-order valence-electron chi connectivity index (χ3n) is 3.37. The summed E-state index contributed by atoms with van der Waals surface area (Å²) < 4.78 is 5.60. The van der Waals surface area contributed by atoms with Gasteiger partial charge in [0.2, 0.25) is 5.91 Å². The monoisotopic (exact) mass is 340 g/mol. The number of amides is 2. The lowest BCUT2D eigenvalue weighted by Gasteiger charge is -2.15. The Kier molecular flexibility index (Phi) is 5.89. The minimum absolute atomic E-state index is 0.0719. The fourth-order valence-electron chi connectivity index (χ4n) is 2.17. The van der Waals surface area contributed by atoms with Crippen LogP contribution in [0.2, 0.25) is 0 Å². The van der Waals surface area contributed by atoms with Gasteiger partial charge in [-0.2, -0.15) is 0 Å². The molecule has 2 aromatic carbocycles. The van der Waals surface area contributed by atoms with Crippen molar-refractivity contribution in [1.29, 1.82) is 0 Å². The van der Waals surface area contributed by atoms with E-state index >= 15 is 0 Å². The molecular weight excluding hydrogens is 320 g/mol. The lowest BCUT2D eigenvalue weighted by molar-refractivity contribution is -0.122. The fourth-order valence-corrected chi connectivity index (χ4v) is 2.17. The molecule has 0 fully saturated rings. The number of ketones is 1. The minimum atomic E-state index is -0.758. The van der Waals surface area contributed by atoms with Crippen LogP contribution in [0.5, 0.6) is 5.75 Å². The first-order valence-electron chi connectivity index (χ1n) is 7.81. The van der Waals surface area contributed by atoms with E-state index in [-0.39, 0.29) is 17.6 Å². The number of rotatable bonds is 6. The Labute approximate surface area is 146 Å². The van der Waals surface area contributed by atoms with Crippen LogP contribution in [0.1, 0.15) is 31.1 Å². The van der Waals surface area contributed by atoms with Crippen molar-refractivity contribution in [3.63, 3.8) is 0 Å². The molecular formula is C19H20N2O4. The van der Waals surface area contributed by atoms with Crippen LogP contribution in [0, 0.1) is 0 Å². The Bertz CT molecular complexity index is 802. The number of nitrogens with one attached hydrogen (secondary N) is 2. The molecule has 2 amide bonds. The van der Waals surface area contributed by atoms with Crippen LogP contribution in [0.4, 0.5) is 11.4 Å². The van der Waals surface area contributed by atoms with Crippen LogP contribution in [0.3, 0.4) is 0 Å². The van der Waals surface area contributed by atoms with E-state index in [2.05, 4.69) is 10.6 Å². The molecule has 2 N–H and O–H groups in total. The molecule has 2 aromatic rings. The van der Waals surface area contributed by atoms with E-state index in [9.17, 15) is 14.4 Å². The third-order valence-corrected chi connectivity index (χ3v) is 3.37. The van der Waals surface area contributed by atoms with Crippen LogP contribution < -0.4 is 15.4 Å². The van der Waals surface area contributed by atoms with Gasteiger partial charge in [-0.05, 0) is 44.2 Å². The van der Waals surface area contributed by atoms with E-state index < -0.39 is 6.10 Å². The highest BCUT2D eigenvalue weighted by Crippen LogP contribution is 2.18. The lowest BCUT2D eigenvalue weighted by Crippen LogP contribution is -2.30. The third kappa shape index (κ3) is 5.46. The van der Waals surface area contributed by atoms with Gasteiger partial charge >= 0.3 is 0 Å². The first kappa shape index (κ1) is 18.2. The second-order valence-electron chi connectivity index (χ2n) is 5.60. The Morgan fingerprint density at radius 1 is 0.920 bits per heavy atom. The highest BCUT2D eigenvalue weighted by molar-refractivity contribution is 5.96. The van der Waals surface area contributed by atoms with Gasteiger partial charge in [0.15, 0.2) is 11.9 Å². The maximum atomic E-state index is 12.3. The first-order chi connectivity index (χ1) is 11.8. The molecule has 1 unspecified atom stereocenters. The highest BCUT2D eigenvalue weighted by atomic mass is 16.5. The molecule has 25 heavy (non-hydrogen) atoms. The van der Waals surface area contributed by atoms with Gasteiger partial charge in [0.1, 0.15) is 5.75 Å². The summed E-state index contributed by atoms with van der Waals surface area (Å²) in [7, 11) is 0. The standard InChI is InChI=1S/C19H20N2O4/c1-12(22)15-6-4-9-18(10-15)25-13(2)19(24)21-17-8-5-7-16(11-17)20-14(3)23/h4-11,13H,1-3H3,(H,20,23)(H,21,24). The van der Waals surface area contributed by atoms with Gasteiger partial charge in [0, 0.05) is 23.9 Å². The van der Waals surface area contributed by atoms with Crippen LogP contribution in [0.25, 0.3) is 0 Å². The Morgan fingerprint density at radius 2 is 1.56 bits per heavy atom. The van der Waals surface area contributed by atoms with E-state index in [4.69, 9.17) is 4.74 Å². The molecule has 2 rings (SSSR count). The van der Waals surface area contributed by atoms with Gasteiger partial charge in [0.25, 0.3) is 5.91 Å². The predicted molar refractivity (Wildman–Crippen MR) is 95.9 cm³/mol. The molecule has 1 atom stereocenters. The number of carbonyl (C=O) groups excluding carboxylic acids is 3. The molecule has 130 valence electrons. The summed E-state index contributed by atoms with van der Waals surface area (Å²) >= 11 is 0. The molecule has 0 heterocycles. The van der Waals surface area contributed by atoms with E-state index in [0.29, 0.717) is 22.7 Å². The normalized spacial score (nSPS) is 11.3. The second kappa shape index (κ2) is 8.10. The van der Waals surface area contributed by atoms with Crippen molar-refractivity contribution in [2.75, 3.05) is 10.6 Å². The fraction of sp³-hybridized carbons (Fsp3) is 0.211. The van der Waals surface area contributed by atoms with E-state index in [1.54, 1.807) is 55.5 Å². The molecule has 0 aromatic heterocycles. The maximum absolute atomic E-state index is 12.3. The van der Waals surface area contributed by atoms with E-state index in [1.165, 1.54) is 13.8 Å². The van der Waals surface area contributed by atoms with Gasteiger partial charge in [0.05, 0.1) is 0 Å². The van der Waals surface area contributed by atoms with Crippen LogP contribution in [-0.2, 0) is 9.59 Å². The van der Waals surface area contributed by atoms with E-state index in [1.807, 2.05) is 0 Å². The number of hydrogen-bond donors (Lipinski definition) is 2. The zero-order valence-electron chi connectivity index (χ0n) is 14.3. The number of carbonyl (C=O) groups is 3. The average molecular weight is 340 g/mol.